The summed E-state index contributed by atoms with van der Waals surface area (Å²) in [5, 5.41) is 81.5. The summed E-state index contributed by atoms with van der Waals surface area (Å²) in [5.74, 6) is -11.9. The monoisotopic (exact) mass is 966 g/mol. The van der Waals surface area contributed by atoms with Gasteiger partial charge in [0.2, 0.25) is 0 Å². The molecule has 72 heavy (non-hydrogen) atoms. The minimum atomic E-state index is -1.54. The highest BCUT2D eigenvalue weighted by Crippen LogP contribution is 2.41. The van der Waals surface area contributed by atoms with E-state index in [-0.39, 0.29) is 112 Å². The Labute approximate surface area is 401 Å². The Bertz CT molecular complexity index is 3420. The lowest BCUT2D eigenvalue weighted by Crippen LogP contribution is -2.05. The number of hydrogen-bond donors (Lipinski definition) is 10. The minimum Gasteiger partial charge on any atom is -0.478 e. The number of benzene rings is 4. The number of carbonyl (C=O) groups is 8. The molecule has 0 fully saturated rings. The first-order valence-corrected chi connectivity index (χ1v) is 20.9. The molecule has 2 aliphatic rings. The number of rotatable bonds is 12. The molecule has 10 N–H and O–H groups in total. The molecule has 0 spiro atoms. The third-order valence-electron chi connectivity index (χ3n) is 11.8. The summed E-state index contributed by atoms with van der Waals surface area (Å²) < 4.78 is 0. The number of H-pyrrole nitrogens is 2. The molecule has 0 radical (unpaired) electrons. The summed E-state index contributed by atoms with van der Waals surface area (Å²) in [7, 11) is 0. The van der Waals surface area contributed by atoms with Gasteiger partial charge < -0.3 is 50.8 Å². The number of aromatic carboxylic acids is 8. The van der Waals surface area contributed by atoms with Gasteiger partial charge in [-0.25, -0.2) is 48.3 Å². The fraction of sp³-hybridized carbons (Fsp3) is 0. The van der Waals surface area contributed by atoms with Gasteiger partial charge in [0, 0.05) is 66.6 Å². The van der Waals surface area contributed by atoms with Gasteiger partial charge in [0.15, 0.2) is 0 Å². The number of aromatic amines is 2. The van der Waals surface area contributed by atoms with E-state index in [4.69, 9.17) is 9.97 Å². The van der Waals surface area contributed by atoms with Crippen LogP contribution in [0.25, 0.3) is 90.9 Å². The van der Waals surface area contributed by atoms with E-state index in [1.54, 1.807) is 0 Å². The number of nitrogens with one attached hydrogen (secondary N) is 2. The molecule has 4 aromatic carbocycles. The summed E-state index contributed by atoms with van der Waals surface area (Å²) in [6.07, 6.45) is 5.83. The van der Waals surface area contributed by atoms with E-state index >= 15 is 0 Å². The quantitative estimate of drug-likeness (QED) is 0.0546. The third-order valence-corrected chi connectivity index (χ3v) is 11.8. The Balaban J connectivity index is 1.54. The Hall–Kier alpha value is -10.8. The van der Waals surface area contributed by atoms with Crippen LogP contribution in [0, 0.1) is 0 Å². The molecule has 0 atom stereocenters. The Morgan fingerprint density at radius 2 is 0.500 bits per heavy atom. The van der Waals surface area contributed by atoms with Crippen LogP contribution in [0.2, 0.25) is 0 Å². The largest absolute Gasteiger partial charge is 0.478 e. The lowest BCUT2D eigenvalue weighted by molar-refractivity contribution is 0.0677. The van der Waals surface area contributed by atoms with Crippen LogP contribution in [0.1, 0.15) is 106 Å². The second kappa shape index (κ2) is 17.7. The zero-order valence-corrected chi connectivity index (χ0v) is 36.3. The van der Waals surface area contributed by atoms with E-state index in [1.165, 1.54) is 97.1 Å². The van der Waals surface area contributed by atoms with Gasteiger partial charge >= 0.3 is 47.8 Å². The number of aromatic nitrogens is 4. The molecule has 9 rings (SSSR count). The normalized spacial score (nSPS) is 11.6. The molecule has 5 heterocycles. The third kappa shape index (κ3) is 8.13. The molecule has 0 saturated heterocycles. The van der Waals surface area contributed by atoms with Gasteiger partial charge in [0.1, 0.15) is 0 Å². The average Bonchev–Trinajstić information content (AvgIpc) is 4.20. The van der Waals surface area contributed by atoms with Crippen molar-refractivity contribution in [2.45, 2.75) is 0 Å². The van der Waals surface area contributed by atoms with E-state index in [0.29, 0.717) is 0 Å². The molecule has 354 valence electrons. The van der Waals surface area contributed by atoms with Crippen LogP contribution in [-0.4, -0.2) is 109 Å². The molecule has 0 saturated carbocycles. The average molecular weight is 967 g/mol. The van der Waals surface area contributed by atoms with Crippen molar-refractivity contribution >= 4 is 94.1 Å². The molecule has 0 amide bonds. The van der Waals surface area contributed by atoms with Gasteiger partial charge in [-0.2, -0.15) is 0 Å². The highest BCUT2D eigenvalue weighted by molar-refractivity contribution is 6.10. The highest BCUT2D eigenvalue weighted by atomic mass is 16.4. The second-order valence-electron chi connectivity index (χ2n) is 16.0. The van der Waals surface area contributed by atoms with Crippen molar-refractivity contribution in [3.8, 4) is 44.5 Å². The molecule has 0 aliphatic carbocycles. The maximum Gasteiger partial charge on any atom is 0.336 e. The van der Waals surface area contributed by atoms with Crippen LogP contribution in [-0.2, 0) is 0 Å². The summed E-state index contributed by atoms with van der Waals surface area (Å²) >= 11 is 0. The van der Waals surface area contributed by atoms with Gasteiger partial charge in [-0.1, -0.05) is 24.3 Å². The van der Waals surface area contributed by atoms with Gasteiger partial charge in [-0.15, -0.1) is 0 Å². The van der Waals surface area contributed by atoms with Crippen molar-refractivity contribution in [3.05, 3.63) is 164 Å². The van der Waals surface area contributed by atoms with Crippen molar-refractivity contribution in [2.75, 3.05) is 0 Å². The number of hydrogen-bond acceptors (Lipinski definition) is 10. The van der Waals surface area contributed by atoms with Gasteiger partial charge in [-0.05, 0) is 97.1 Å². The maximum absolute atomic E-state index is 13.0. The number of nitrogens with zero attached hydrogens (tertiary/aromatic N) is 2. The minimum absolute atomic E-state index is 0.0172. The standard InChI is InChI=1S/C52H30N4O16/c57-45(58)21-1-5-25(29(17-21)49(65)66)41-33-9-11-35(53-33)42(26-6-2-22(46(59)60)18-30(26)50(67)68)37-13-15-39(55-37)44(28-8-4-24(48(63)64)20-32(28)52(71)72)40-16-14-38(56-40)43(36-12-10-34(41)54-36)27-7-3-23(47(61)62)19-31(27)51(69)70/h1-20,53,56H,(H,57,58)(H,59,60)(H,61,62)(H,63,64)(H,65,66)(H,67,68)(H,69,70)(H,71,72). The lowest BCUT2D eigenvalue weighted by Gasteiger charge is -2.11. The summed E-state index contributed by atoms with van der Waals surface area (Å²) in [5.41, 5.74) is -3.07. The van der Waals surface area contributed by atoms with Crippen LogP contribution in [0.5, 0.6) is 0 Å². The van der Waals surface area contributed by atoms with E-state index < -0.39 is 70.0 Å². The van der Waals surface area contributed by atoms with Crippen LogP contribution >= 0.6 is 0 Å². The first-order valence-electron chi connectivity index (χ1n) is 20.9. The Morgan fingerprint density at radius 3 is 0.681 bits per heavy atom. The van der Waals surface area contributed by atoms with Gasteiger partial charge in [0.05, 0.1) is 67.3 Å². The topological polar surface area (TPSA) is 356 Å². The zero-order chi connectivity index (χ0) is 51.4. The van der Waals surface area contributed by atoms with E-state index in [1.807, 2.05) is 0 Å². The van der Waals surface area contributed by atoms with Crippen molar-refractivity contribution in [1.82, 2.24) is 19.9 Å². The fourth-order valence-electron chi connectivity index (χ4n) is 8.63. The summed E-state index contributed by atoms with van der Waals surface area (Å²) in [6.45, 7) is 0. The molecule has 2 aliphatic heterocycles. The molecule has 0 unspecified atom stereocenters. The van der Waals surface area contributed by atoms with Crippen molar-refractivity contribution < 1.29 is 79.2 Å². The van der Waals surface area contributed by atoms with Crippen molar-refractivity contribution in [3.63, 3.8) is 0 Å². The SMILES string of the molecule is O=C(O)c1ccc(-c2c3nc(c(-c4ccc(C(=O)O)cc4C(=O)O)c4ccc([nH]4)c(-c4ccc(C(=O)O)cc4C(=O)O)c4nc(c(-c5ccc(C(=O)O)cc5C(=O)O)c5ccc2[nH]5)C=C4)C=C3)c(C(=O)O)c1. The molecular formula is C52H30N4O16. The van der Waals surface area contributed by atoms with E-state index in [9.17, 15) is 79.2 Å². The maximum atomic E-state index is 13.0. The highest BCUT2D eigenvalue weighted by Gasteiger charge is 2.27. The summed E-state index contributed by atoms with van der Waals surface area (Å²) in [6, 6.07) is 19.4. The van der Waals surface area contributed by atoms with Crippen molar-refractivity contribution in [2.24, 2.45) is 0 Å². The smallest absolute Gasteiger partial charge is 0.336 e. The molecular weight excluding hydrogens is 937 g/mol. The van der Waals surface area contributed by atoms with Gasteiger partial charge in [0.25, 0.3) is 0 Å². The van der Waals surface area contributed by atoms with E-state index in [0.717, 1.165) is 24.3 Å². The first-order chi connectivity index (χ1) is 34.3. The van der Waals surface area contributed by atoms with Crippen LogP contribution in [0.4, 0.5) is 0 Å². The van der Waals surface area contributed by atoms with Crippen LogP contribution in [0.3, 0.4) is 0 Å². The number of carboxylic acids is 8. The molecule has 20 heteroatoms. The summed E-state index contributed by atoms with van der Waals surface area (Å²) in [4.78, 5) is 117. The predicted molar refractivity (Wildman–Crippen MR) is 256 cm³/mol. The van der Waals surface area contributed by atoms with Crippen LogP contribution in [0.15, 0.2) is 97.1 Å². The van der Waals surface area contributed by atoms with Crippen molar-refractivity contribution in [1.29, 1.82) is 0 Å². The lowest BCUT2D eigenvalue weighted by atomic mass is 9.96. The molecule has 8 bridgehead atoms. The fourth-order valence-corrected chi connectivity index (χ4v) is 8.63. The second-order valence-corrected chi connectivity index (χ2v) is 16.0. The van der Waals surface area contributed by atoms with Gasteiger partial charge in [-0.3, -0.25) is 0 Å². The Morgan fingerprint density at radius 1 is 0.292 bits per heavy atom. The van der Waals surface area contributed by atoms with Crippen LogP contribution < -0.4 is 0 Å². The Kier molecular flexibility index (Phi) is 11.4. The first kappa shape index (κ1) is 46.4. The zero-order valence-electron chi connectivity index (χ0n) is 36.3. The number of carboxylic acid groups (broad SMARTS) is 8. The molecule has 3 aromatic heterocycles. The van der Waals surface area contributed by atoms with E-state index in [2.05, 4.69) is 9.97 Å². The molecule has 7 aromatic rings. The predicted octanol–water partition coefficient (Wildman–Crippen LogP) is 8.91. The molecule has 20 nitrogen and oxygen atoms in total. The number of fused-ring (bicyclic) bond motifs is 8.